The van der Waals surface area contributed by atoms with Gasteiger partial charge in [0, 0.05) is 25.3 Å². The summed E-state index contributed by atoms with van der Waals surface area (Å²) in [6, 6.07) is 14.6. The number of hydrogen-bond acceptors (Lipinski definition) is 3. The van der Waals surface area contributed by atoms with Crippen molar-refractivity contribution >= 4 is 23.5 Å². The van der Waals surface area contributed by atoms with E-state index in [2.05, 4.69) is 5.32 Å². The van der Waals surface area contributed by atoms with Crippen LogP contribution in [0, 0.1) is 0 Å². The zero-order valence-corrected chi connectivity index (χ0v) is 12.5. The Morgan fingerprint density at radius 3 is 2.18 bits per heavy atom. The minimum Gasteiger partial charge on any atom is -0.378 e. The van der Waals surface area contributed by atoms with Crippen LogP contribution in [0.1, 0.15) is 26.3 Å². The van der Waals surface area contributed by atoms with E-state index in [1.165, 1.54) is 0 Å². The maximum Gasteiger partial charge on any atom is 0.256 e. The SMILES string of the molecule is CN(C)c1ccc(/C=C2/NC(=O)c3ccccc3C2=O)cc1. The lowest BCUT2D eigenvalue weighted by atomic mass is 9.96. The predicted octanol–water partition coefficient (Wildman–Crippen LogP) is 2.72. The molecule has 2 aromatic rings. The molecule has 22 heavy (non-hydrogen) atoms. The fourth-order valence-electron chi connectivity index (χ4n) is 2.41. The molecule has 1 heterocycles. The van der Waals surface area contributed by atoms with Crippen molar-refractivity contribution in [1.29, 1.82) is 0 Å². The Balaban J connectivity index is 1.96. The summed E-state index contributed by atoms with van der Waals surface area (Å²) in [5, 5.41) is 2.67. The van der Waals surface area contributed by atoms with E-state index in [1.54, 1.807) is 30.3 Å². The molecule has 4 nitrogen and oxygen atoms in total. The third kappa shape index (κ3) is 2.51. The Morgan fingerprint density at radius 2 is 1.55 bits per heavy atom. The van der Waals surface area contributed by atoms with Crippen LogP contribution >= 0.6 is 0 Å². The molecule has 0 spiro atoms. The number of carbonyl (C=O) groups excluding carboxylic acids is 2. The lowest BCUT2D eigenvalue weighted by Crippen LogP contribution is -2.34. The number of Topliss-reactive ketones (excluding diaryl/α,β-unsaturated/α-hetero) is 1. The molecule has 0 saturated heterocycles. The second kappa shape index (κ2) is 5.48. The number of allylic oxidation sites excluding steroid dienone is 1. The molecule has 0 bridgehead atoms. The monoisotopic (exact) mass is 292 g/mol. The van der Waals surface area contributed by atoms with Gasteiger partial charge in [-0.3, -0.25) is 9.59 Å². The van der Waals surface area contributed by atoms with Gasteiger partial charge in [0.1, 0.15) is 0 Å². The first-order chi connectivity index (χ1) is 10.6. The van der Waals surface area contributed by atoms with Crippen molar-refractivity contribution in [3.8, 4) is 0 Å². The van der Waals surface area contributed by atoms with E-state index in [9.17, 15) is 9.59 Å². The second-order valence-electron chi connectivity index (χ2n) is 5.37. The Morgan fingerprint density at radius 1 is 0.909 bits per heavy atom. The Hall–Kier alpha value is -2.88. The zero-order chi connectivity index (χ0) is 15.7. The molecule has 0 unspecified atom stereocenters. The van der Waals surface area contributed by atoms with Crippen molar-refractivity contribution in [3.05, 3.63) is 70.9 Å². The first-order valence-corrected chi connectivity index (χ1v) is 7.00. The summed E-state index contributed by atoms with van der Waals surface area (Å²) < 4.78 is 0. The van der Waals surface area contributed by atoms with Gasteiger partial charge in [-0.2, -0.15) is 0 Å². The molecule has 110 valence electrons. The van der Waals surface area contributed by atoms with Gasteiger partial charge < -0.3 is 10.2 Å². The number of fused-ring (bicyclic) bond motifs is 1. The van der Waals surface area contributed by atoms with E-state index in [-0.39, 0.29) is 11.7 Å². The summed E-state index contributed by atoms with van der Waals surface area (Å²) in [6.45, 7) is 0. The van der Waals surface area contributed by atoms with E-state index >= 15 is 0 Å². The van der Waals surface area contributed by atoms with Crippen LogP contribution in [0.15, 0.2) is 54.2 Å². The standard InChI is InChI=1S/C18H16N2O2/c1-20(2)13-9-7-12(8-10-13)11-16-17(21)14-5-3-4-6-15(14)18(22)19-16/h3-11H,1-2H3,(H,19,22)/b16-11+. The van der Waals surface area contributed by atoms with Crippen molar-refractivity contribution < 1.29 is 9.59 Å². The molecule has 0 radical (unpaired) electrons. The van der Waals surface area contributed by atoms with Crippen LogP contribution in [-0.2, 0) is 0 Å². The van der Waals surface area contributed by atoms with Gasteiger partial charge in [0.05, 0.1) is 11.3 Å². The van der Waals surface area contributed by atoms with Gasteiger partial charge in [-0.1, -0.05) is 30.3 Å². The topological polar surface area (TPSA) is 49.4 Å². The molecule has 0 fully saturated rings. The Bertz CT molecular complexity index is 774. The molecule has 1 aliphatic heterocycles. The molecule has 1 N–H and O–H groups in total. The first-order valence-electron chi connectivity index (χ1n) is 7.00. The summed E-state index contributed by atoms with van der Waals surface area (Å²) in [5.74, 6) is -0.404. The van der Waals surface area contributed by atoms with Crippen molar-refractivity contribution in [2.24, 2.45) is 0 Å². The minimum atomic E-state index is -0.244. The van der Waals surface area contributed by atoms with Crippen molar-refractivity contribution in [3.63, 3.8) is 0 Å². The van der Waals surface area contributed by atoms with Gasteiger partial charge >= 0.3 is 0 Å². The molecule has 0 atom stereocenters. The quantitative estimate of drug-likeness (QED) is 0.866. The third-order valence-corrected chi connectivity index (χ3v) is 3.63. The number of nitrogens with zero attached hydrogens (tertiary/aromatic N) is 1. The van der Waals surface area contributed by atoms with Gasteiger partial charge in [-0.05, 0) is 29.8 Å². The van der Waals surface area contributed by atoms with Crippen LogP contribution in [-0.4, -0.2) is 25.8 Å². The number of nitrogens with one attached hydrogen (secondary N) is 1. The maximum atomic E-state index is 12.5. The lowest BCUT2D eigenvalue weighted by Gasteiger charge is -2.18. The molecular weight excluding hydrogens is 276 g/mol. The van der Waals surface area contributed by atoms with Crippen LogP contribution in [0.4, 0.5) is 5.69 Å². The van der Waals surface area contributed by atoms with Crippen LogP contribution in [0.2, 0.25) is 0 Å². The van der Waals surface area contributed by atoms with Gasteiger partial charge in [0.2, 0.25) is 5.78 Å². The lowest BCUT2D eigenvalue weighted by molar-refractivity contribution is 0.0910. The average Bonchev–Trinajstić information content (AvgIpc) is 2.53. The second-order valence-corrected chi connectivity index (χ2v) is 5.37. The van der Waals surface area contributed by atoms with Gasteiger partial charge in [-0.15, -0.1) is 0 Å². The third-order valence-electron chi connectivity index (χ3n) is 3.63. The summed E-state index contributed by atoms with van der Waals surface area (Å²) in [4.78, 5) is 26.5. The zero-order valence-electron chi connectivity index (χ0n) is 12.5. The van der Waals surface area contributed by atoms with Gasteiger partial charge in [0.15, 0.2) is 0 Å². The molecule has 0 aromatic heterocycles. The van der Waals surface area contributed by atoms with E-state index in [4.69, 9.17) is 0 Å². The summed E-state index contributed by atoms with van der Waals surface area (Å²) in [5.41, 5.74) is 3.12. The highest BCUT2D eigenvalue weighted by atomic mass is 16.2. The van der Waals surface area contributed by atoms with E-state index in [1.807, 2.05) is 43.3 Å². The van der Waals surface area contributed by atoms with Crippen LogP contribution in [0.5, 0.6) is 0 Å². The molecule has 3 rings (SSSR count). The Kier molecular flexibility index (Phi) is 3.51. The summed E-state index contributed by atoms with van der Waals surface area (Å²) >= 11 is 0. The number of amides is 1. The van der Waals surface area contributed by atoms with E-state index < -0.39 is 0 Å². The van der Waals surface area contributed by atoms with Crippen LogP contribution in [0.25, 0.3) is 6.08 Å². The number of hydrogen-bond donors (Lipinski definition) is 1. The highest BCUT2D eigenvalue weighted by molar-refractivity contribution is 6.22. The Labute approximate surface area is 129 Å². The largest absolute Gasteiger partial charge is 0.378 e. The normalized spacial score (nSPS) is 15.5. The van der Waals surface area contributed by atoms with Crippen molar-refractivity contribution in [1.82, 2.24) is 5.32 Å². The number of rotatable bonds is 2. The summed E-state index contributed by atoms with van der Waals surface area (Å²) in [6.07, 6.45) is 1.70. The smallest absolute Gasteiger partial charge is 0.256 e. The number of anilines is 1. The molecule has 4 heteroatoms. The minimum absolute atomic E-state index is 0.160. The molecule has 2 aromatic carbocycles. The van der Waals surface area contributed by atoms with Crippen molar-refractivity contribution in [2.45, 2.75) is 0 Å². The number of ketones is 1. The average molecular weight is 292 g/mol. The summed E-state index contributed by atoms with van der Waals surface area (Å²) in [7, 11) is 3.94. The van der Waals surface area contributed by atoms with Crippen LogP contribution in [0.3, 0.4) is 0 Å². The molecular formula is C18H16N2O2. The van der Waals surface area contributed by atoms with Crippen molar-refractivity contribution in [2.75, 3.05) is 19.0 Å². The van der Waals surface area contributed by atoms with E-state index in [0.29, 0.717) is 16.8 Å². The highest BCUT2D eigenvalue weighted by Crippen LogP contribution is 2.21. The highest BCUT2D eigenvalue weighted by Gasteiger charge is 2.26. The molecule has 1 amide bonds. The number of carbonyl (C=O) groups is 2. The fourth-order valence-corrected chi connectivity index (χ4v) is 2.41. The maximum absolute atomic E-state index is 12.5. The fraction of sp³-hybridized carbons (Fsp3) is 0.111. The van der Waals surface area contributed by atoms with Gasteiger partial charge in [-0.25, -0.2) is 0 Å². The first kappa shape index (κ1) is 14.1. The molecule has 1 aliphatic rings. The molecule has 0 saturated carbocycles. The van der Waals surface area contributed by atoms with E-state index in [0.717, 1.165) is 11.3 Å². The van der Waals surface area contributed by atoms with Crippen LogP contribution < -0.4 is 10.2 Å². The number of benzene rings is 2. The van der Waals surface area contributed by atoms with Gasteiger partial charge in [0.25, 0.3) is 5.91 Å². The predicted molar refractivity (Wildman–Crippen MR) is 87.0 cm³/mol. The molecule has 0 aliphatic carbocycles.